The molecule has 8 heteroatoms. The van der Waals surface area contributed by atoms with Crippen molar-refractivity contribution in [1.82, 2.24) is 4.72 Å². The molecule has 0 radical (unpaired) electrons. The summed E-state index contributed by atoms with van der Waals surface area (Å²) in [5.41, 5.74) is 5.08. The van der Waals surface area contributed by atoms with E-state index < -0.39 is 28.5 Å². The number of carbonyl (C=O) groups excluding carboxylic acids is 2. The molecule has 1 aromatic carbocycles. The highest BCUT2D eigenvalue weighted by molar-refractivity contribution is 7.89. The van der Waals surface area contributed by atoms with E-state index in [0.717, 1.165) is 37.0 Å². The third-order valence-electron chi connectivity index (χ3n) is 7.06. The van der Waals surface area contributed by atoms with E-state index in [1.54, 1.807) is 0 Å². The van der Waals surface area contributed by atoms with Gasteiger partial charge in [0.15, 0.2) is 6.61 Å². The lowest BCUT2D eigenvalue weighted by Gasteiger charge is -2.59. The fraction of sp³-hybridized carbons (Fsp3) is 0.619. The van der Waals surface area contributed by atoms with Crippen LogP contribution in [0.3, 0.4) is 0 Å². The molecular formula is C21H28N2O5S. The Morgan fingerprint density at radius 1 is 1.17 bits per heavy atom. The molecule has 4 bridgehead atoms. The molecule has 4 aliphatic rings. The Morgan fingerprint density at radius 2 is 1.76 bits per heavy atom. The highest BCUT2D eigenvalue weighted by atomic mass is 32.2. The topological polar surface area (TPSA) is 116 Å². The third-order valence-corrected chi connectivity index (χ3v) is 8.60. The van der Waals surface area contributed by atoms with Crippen molar-refractivity contribution >= 4 is 21.9 Å². The number of hydrogen-bond donors (Lipinski definition) is 2. The Labute approximate surface area is 171 Å². The van der Waals surface area contributed by atoms with E-state index in [2.05, 4.69) is 4.72 Å². The molecule has 1 unspecified atom stereocenters. The third kappa shape index (κ3) is 4.05. The van der Waals surface area contributed by atoms with Gasteiger partial charge in [-0.2, -0.15) is 0 Å². The monoisotopic (exact) mass is 420 g/mol. The fourth-order valence-corrected chi connectivity index (χ4v) is 7.54. The number of esters is 1. The van der Waals surface area contributed by atoms with Gasteiger partial charge in [0.05, 0.1) is 10.5 Å². The average Bonchev–Trinajstić information content (AvgIpc) is 2.64. The summed E-state index contributed by atoms with van der Waals surface area (Å²) in [6.45, 7) is 1.44. The van der Waals surface area contributed by atoms with Gasteiger partial charge >= 0.3 is 5.97 Å². The summed E-state index contributed by atoms with van der Waals surface area (Å²) >= 11 is 0. The molecule has 0 spiro atoms. The number of nitrogens with two attached hydrogens (primary N) is 1. The Balaban J connectivity index is 1.50. The first-order valence-electron chi connectivity index (χ1n) is 10.2. The van der Waals surface area contributed by atoms with E-state index in [9.17, 15) is 18.0 Å². The zero-order valence-electron chi connectivity index (χ0n) is 16.6. The van der Waals surface area contributed by atoms with E-state index in [4.69, 9.17) is 10.5 Å². The van der Waals surface area contributed by atoms with Crippen molar-refractivity contribution in [2.75, 3.05) is 6.61 Å². The second kappa shape index (κ2) is 7.40. The maximum Gasteiger partial charge on any atom is 0.338 e. The Kier molecular flexibility index (Phi) is 5.19. The Bertz CT molecular complexity index is 891. The van der Waals surface area contributed by atoms with Crippen LogP contribution in [0.5, 0.6) is 0 Å². The normalized spacial score (nSPS) is 31.4. The quantitative estimate of drug-likeness (QED) is 0.656. The number of sulfonamides is 1. The van der Waals surface area contributed by atoms with Crippen LogP contribution in [0.1, 0.15) is 55.8 Å². The summed E-state index contributed by atoms with van der Waals surface area (Å²) in [5.74, 6) is 0.646. The van der Waals surface area contributed by atoms with Crippen molar-refractivity contribution < 1.29 is 22.7 Å². The lowest BCUT2D eigenvalue weighted by atomic mass is 9.48. The molecule has 29 heavy (non-hydrogen) atoms. The minimum atomic E-state index is -3.79. The highest BCUT2D eigenvalue weighted by Crippen LogP contribution is 2.61. The van der Waals surface area contributed by atoms with Gasteiger partial charge in [0.1, 0.15) is 0 Å². The standard InChI is InChI=1S/C21H28N2O5S/c1-13(21-9-14-5-15(10-21)7-16(6-14)11-21)23-29(26,27)18-4-2-3-17(8-18)20(25)28-12-19(22)24/h2-4,8,13-16,23H,5-7,9-12H2,1H3,(H2,22,24). The first-order valence-corrected chi connectivity index (χ1v) is 11.7. The number of benzene rings is 1. The summed E-state index contributed by atoms with van der Waals surface area (Å²) in [4.78, 5) is 22.8. The van der Waals surface area contributed by atoms with Gasteiger partial charge in [-0.15, -0.1) is 0 Å². The molecular weight excluding hydrogens is 392 g/mol. The van der Waals surface area contributed by atoms with Crippen LogP contribution < -0.4 is 10.5 Å². The smallest absolute Gasteiger partial charge is 0.338 e. The molecule has 1 aromatic rings. The second-order valence-electron chi connectivity index (χ2n) is 9.19. The van der Waals surface area contributed by atoms with Crippen LogP contribution in [-0.4, -0.2) is 32.9 Å². The van der Waals surface area contributed by atoms with Crippen molar-refractivity contribution in [2.24, 2.45) is 28.9 Å². The van der Waals surface area contributed by atoms with Gasteiger partial charge in [0, 0.05) is 6.04 Å². The molecule has 0 saturated heterocycles. The van der Waals surface area contributed by atoms with Gasteiger partial charge in [0.25, 0.3) is 5.91 Å². The zero-order chi connectivity index (χ0) is 20.8. The summed E-state index contributed by atoms with van der Waals surface area (Å²) < 4.78 is 33.7. The molecule has 1 amide bonds. The molecule has 4 saturated carbocycles. The lowest BCUT2D eigenvalue weighted by Crippen LogP contribution is -2.55. The van der Waals surface area contributed by atoms with Crippen LogP contribution in [0.2, 0.25) is 0 Å². The molecule has 0 aliphatic heterocycles. The summed E-state index contributed by atoms with van der Waals surface area (Å²) in [5, 5.41) is 0. The van der Waals surface area contributed by atoms with Crippen LogP contribution in [0.4, 0.5) is 0 Å². The maximum atomic E-state index is 13.0. The predicted molar refractivity (Wildman–Crippen MR) is 106 cm³/mol. The minimum Gasteiger partial charge on any atom is -0.452 e. The van der Waals surface area contributed by atoms with Crippen molar-refractivity contribution in [3.8, 4) is 0 Å². The largest absolute Gasteiger partial charge is 0.452 e. The van der Waals surface area contributed by atoms with Crippen molar-refractivity contribution in [2.45, 2.75) is 56.4 Å². The lowest BCUT2D eigenvalue weighted by molar-refractivity contribution is -0.121. The van der Waals surface area contributed by atoms with Gasteiger partial charge in [0.2, 0.25) is 10.0 Å². The van der Waals surface area contributed by atoms with Crippen LogP contribution in [0.15, 0.2) is 29.2 Å². The molecule has 4 fully saturated rings. The van der Waals surface area contributed by atoms with E-state index in [1.165, 1.54) is 43.5 Å². The molecule has 4 aliphatic carbocycles. The molecule has 5 rings (SSSR count). The SMILES string of the molecule is CC(NS(=O)(=O)c1cccc(C(=O)OCC(N)=O)c1)C12CC3CC(CC(C3)C1)C2. The summed E-state index contributed by atoms with van der Waals surface area (Å²) in [6.07, 6.45) is 7.20. The average molecular weight is 421 g/mol. The van der Waals surface area contributed by atoms with Crippen LogP contribution >= 0.6 is 0 Å². The van der Waals surface area contributed by atoms with Gasteiger partial charge < -0.3 is 10.5 Å². The Morgan fingerprint density at radius 3 is 2.31 bits per heavy atom. The number of nitrogens with one attached hydrogen (secondary N) is 1. The summed E-state index contributed by atoms with van der Waals surface area (Å²) in [6, 6.07) is 5.51. The van der Waals surface area contributed by atoms with E-state index in [0.29, 0.717) is 0 Å². The van der Waals surface area contributed by atoms with E-state index in [-0.39, 0.29) is 21.9 Å². The van der Waals surface area contributed by atoms with Gasteiger partial charge in [-0.3, -0.25) is 4.79 Å². The molecule has 3 N–H and O–H groups in total. The molecule has 0 heterocycles. The molecule has 0 aromatic heterocycles. The first kappa shape index (κ1) is 20.3. The highest BCUT2D eigenvalue weighted by Gasteiger charge is 2.53. The van der Waals surface area contributed by atoms with Gasteiger partial charge in [-0.25, -0.2) is 17.9 Å². The van der Waals surface area contributed by atoms with Gasteiger partial charge in [-0.05, 0) is 86.8 Å². The van der Waals surface area contributed by atoms with Crippen LogP contribution in [0.25, 0.3) is 0 Å². The van der Waals surface area contributed by atoms with Crippen molar-refractivity contribution in [3.63, 3.8) is 0 Å². The maximum absolute atomic E-state index is 13.0. The minimum absolute atomic E-state index is 0.0163. The van der Waals surface area contributed by atoms with Crippen molar-refractivity contribution in [3.05, 3.63) is 29.8 Å². The summed E-state index contributed by atoms with van der Waals surface area (Å²) in [7, 11) is -3.79. The number of ether oxygens (including phenoxy) is 1. The molecule has 158 valence electrons. The number of primary amides is 1. The molecule has 7 nitrogen and oxygen atoms in total. The van der Waals surface area contributed by atoms with Gasteiger partial charge in [-0.1, -0.05) is 6.07 Å². The van der Waals surface area contributed by atoms with Crippen LogP contribution in [-0.2, 0) is 19.6 Å². The fourth-order valence-electron chi connectivity index (χ4n) is 6.14. The number of amides is 1. The number of rotatable bonds is 7. The van der Waals surface area contributed by atoms with E-state index >= 15 is 0 Å². The van der Waals surface area contributed by atoms with Crippen LogP contribution in [0, 0.1) is 23.2 Å². The first-order chi connectivity index (χ1) is 13.7. The number of carbonyl (C=O) groups is 2. The predicted octanol–water partition coefficient (Wildman–Crippen LogP) is 2.21. The van der Waals surface area contributed by atoms with Crippen molar-refractivity contribution in [1.29, 1.82) is 0 Å². The van der Waals surface area contributed by atoms with E-state index in [1.807, 2.05) is 6.92 Å². The Hall–Kier alpha value is -1.93. The molecule has 1 atom stereocenters. The number of hydrogen-bond acceptors (Lipinski definition) is 5. The zero-order valence-corrected chi connectivity index (χ0v) is 17.4. The second-order valence-corrected chi connectivity index (χ2v) is 10.9.